The van der Waals surface area contributed by atoms with Crippen LogP contribution in [0.4, 0.5) is 10.5 Å². The number of nitrogens with one attached hydrogen (secondary N) is 3. The Kier molecular flexibility index (Phi) is 5.89. The molecule has 3 amide bonds. The summed E-state index contributed by atoms with van der Waals surface area (Å²) in [6.07, 6.45) is 0. The number of halogens is 2. The van der Waals surface area contributed by atoms with Crippen LogP contribution < -0.4 is 15.4 Å². The van der Waals surface area contributed by atoms with Gasteiger partial charge in [-0.25, -0.2) is 17.9 Å². The largest absolute Gasteiger partial charge is 0.341 e. The molecule has 0 bridgehead atoms. The number of hydrogen-bond acceptors (Lipinski definition) is 4. The van der Waals surface area contributed by atoms with Crippen LogP contribution in [-0.4, -0.2) is 27.4 Å². The van der Waals surface area contributed by atoms with Crippen LogP contribution in [0.2, 0.25) is 10.0 Å². The van der Waals surface area contributed by atoms with Gasteiger partial charge in [0.05, 0.1) is 14.9 Å². The molecule has 0 spiro atoms. The Balaban J connectivity index is 2.16. The summed E-state index contributed by atoms with van der Waals surface area (Å²) >= 11 is 11.6. The quantitative estimate of drug-likeness (QED) is 0.732. The summed E-state index contributed by atoms with van der Waals surface area (Å²) in [6.45, 7) is 0. The number of benzene rings is 2. The zero-order valence-corrected chi connectivity index (χ0v) is 15.2. The Hall–Kier alpha value is -2.29. The van der Waals surface area contributed by atoms with Gasteiger partial charge in [-0.3, -0.25) is 4.79 Å². The summed E-state index contributed by atoms with van der Waals surface area (Å²) < 4.78 is 26.5. The van der Waals surface area contributed by atoms with E-state index in [-0.39, 0.29) is 20.5 Å². The zero-order valence-electron chi connectivity index (χ0n) is 12.8. The third-order valence-electron chi connectivity index (χ3n) is 3.06. The summed E-state index contributed by atoms with van der Waals surface area (Å²) in [5.74, 6) is -0.842. The van der Waals surface area contributed by atoms with Crippen molar-refractivity contribution < 1.29 is 18.0 Å². The fraction of sp³-hybridized carbons (Fsp3) is 0.0667. The van der Waals surface area contributed by atoms with E-state index in [2.05, 4.69) is 10.6 Å². The van der Waals surface area contributed by atoms with Crippen LogP contribution in [0.5, 0.6) is 0 Å². The number of carbonyl (C=O) groups is 2. The molecular formula is C15H13Cl2N3O4S. The first-order chi connectivity index (χ1) is 11.7. The number of rotatable bonds is 4. The highest BCUT2D eigenvalue weighted by atomic mass is 35.5. The molecule has 7 nitrogen and oxygen atoms in total. The predicted molar refractivity (Wildman–Crippen MR) is 95.6 cm³/mol. The molecule has 10 heteroatoms. The Labute approximate surface area is 154 Å². The Bertz CT molecular complexity index is 915. The molecule has 2 aromatic carbocycles. The van der Waals surface area contributed by atoms with Gasteiger partial charge < -0.3 is 10.6 Å². The highest BCUT2D eigenvalue weighted by molar-refractivity contribution is 7.90. The van der Waals surface area contributed by atoms with Gasteiger partial charge in [0.15, 0.2) is 0 Å². The van der Waals surface area contributed by atoms with Crippen molar-refractivity contribution >= 4 is 50.9 Å². The molecule has 0 saturated carbocycles. The maximum absolute atomic E-state index is 12.3. The number of carbonyl (C=O) groups excluding carboxylic acids is 2. The highest BCUT2D eigenvalue weighted by Crippen LogP contribution is 2.23. The number of hydrogen-bond donors (Lipinski definition) is 3. The highest BCUT2D eigenvalue weighted by Gasteiger charge is 2.19. The van der Waals surface area contributed by atoms with Crippen molar-refractivity contribution in [2.45, 2.75) is 4.90 Å². The molecule has 2 rings (SSSR count). The third kappa shape index (κ3) is 4.85. The number of amides is 3. The molecule has 0 aliphatic carbocycles. The molecule has 25 heavy (non-hydrogen) atoms. The number of sulfonamides is 1. The smallest absolute Gasteiger partial charge is 0.318 e. The third-order valence-corrected chi connectivity index (χ3v) is 5.14. The Morgan fingerprint density at radius 2 is 1.60 bits per heavy atom. The summed E-state index contributed by atoms with van der Waals surface area (Å²) in [5, 5.41) is 5.24. The molecule has 0 unspecified atom stereocenters. The van der Waals surface area contributed by atoms with Crippen LogP contribution in [0.15, 0.2) is 47.4 Å². The second kappa shape index (κ2) is 7.73. The van der Waals surface area contributed by atoms with E-state index in [4.69, 9.17) is 23.2 Å². The predicted octanol–water partition coefficient (Wildman–Crippen LogP) is 2.86. The van der Waals surface area contributed by atoms with Crippen LogP contribution in [0.25, 0.3) is 0 Å². The first-order valence-electron chi connectivity index (χ1n) is 6.84. The van der Waals surface area contributed by atoms with Gasteiger partial charge in [0, 0.05) is 18.3 Å². The number of urea groups is 1. The molecule has 0 heterocycles. The van der Waals surface area contributed by atoms with E-state index in [1.54, 1.807) is 0 Å². The minimum absolute atomic E-state index is 0.0517. The second-order valence-electron chi connectivity index (χ2n) is 4.79. The molecule has 0 radical (unpaired) electrons. The topological polar surface area (TPSA) is 104 Å². The van der Waals surface area contributed by atoms with E-state index in [1.807, 2.05) is 4.72 Å². The van der Waals surface area contributed by atoms with E-state index < -0.39 is 22.0 Å². The first kappa shape index (κ1) is 19.0. The van der Waals surface area contributed by atoms with Gasteiger partial charge in [0.1, 0.15) is 0 Å². The molecule has 2 aromatic rings. The second-order valence-corrected chi connectivity index (χ2v) is 7.29. The van der Waals surface area contributed by atoms with Crippen LogP contribution in [0.3, 0.4) is 0 Å². The number of anilines is 1. The van der Waals surface area contributed by atoms with E-state index in [0.29, 0.717) is 5.69 Å². The molecule has 132 valence electrons. The van der Waals surface area contributed by atoms with Crippen molar-refractivity contribution in [1.29, 1.82) is 0 Å². The molecule has 0 aliphatic heterocycles. The van der Waals surface area contributed by atoms with Crippen LogP contribution >= 0.6 is 23.2 Å². The lowest BCUT2D eigenvalue weighted by Crippen LogP contribution is -2.30. The van der Waals surface area contributed by atoms with Crippen molar-refractivity contribution in [1.82, 2.24) is 10.0 Å². The maximum Gasteiger partial charge on any atom is 0.318 e. The lowest BCUT2D eigenvalue weighted by molar-refractivity contribution is 0.0981. The van der Waals surface area contributed by atoms with Gasteiger partial charge in [-0.1, -0.05) is 23.2 Å². The zero-order chi connectivity index (χ0) is 18.6. The maximum atomic E-state index is 12.3. The van der Waals surface area contributed by atoms with Gasteiger partial charge in [-0.2, -0.15) is 0 Å². The van der Waals surface area contributed by atoms with Crippen molar-refractivity contribution in [2.75, 3.05) is 12.4 Å². The SMILES string of the molecule is CNC(=O)Nc1ccc(S(=O)(=O)NC(=O)c2ccc(Cl)c(Cl)c2)cc1. The fourth-order valence-corrected chi connectivity index (χ4v) is 3.06. The van der Waals surface area contributed by atoms with Gasteiger partial charge in [0.25, 0.3) is 15.9 Å². The lowest BCUT2D eigenvalue weighted by Gasteiger charge is -2.09. The van der Waals surface area contributed by atoms with Crippen molar-refractivity contribution in [3.05, 3.63) is 58.1 Å². The lowest BCUT2D eigenvalue weighted by atomic mass is 10.2. The average Bonchev–Trinajstić information content (AvgIpc) is 2.57. The van der Waals surface area contributed by atoms with Crippen LogP contribution in [-0.2, 0) is 10.0 Å². The van der Waals surface area contributed by atoms with Crippen LogP contribution in [0.1, 0.15) is 10.4 Å². The molecule has 3 N–H and O–H groups in total. The summed E-state index contributed by atoms with van der Waals surface area (Å²) in [4.78, 5) is 23.2. The Morgan fingerprint density at radius 1 is 0.960 bits per heavy atom. The molecule has 0 aliphatic rings. The summed E-state index contributed by atoms with van der Waals surface area (Å²) in [6, 6.07) is 8.89. The van der Waals surface area contributed by atoms with Gasteiger partial charge in [-0.15, -0.1) is 0 Å². The van der Waals surface area contributed by atoms with Crippen molar-refractivity contribution in [2.24, 2.45) is 0 Å². The van der Waals surface area contributed by atoms with E-state index in [1.165, 1.54) is 49.5 Å². The molecule has 0 fully saturated rings. The molecular weight excluding hydrogens is 389 g/mol. The van der Waals surface area contributed by atoms with E-state index in [0.717, 1.165) is 0 Å². The molecule has 0 saturated heterocycles. The van der Waals surface area contributed by atoms with Crippen molar-refractivity contribution in [3.63, 3.8) is 0 Å². The monoisotopic (exact) mass is 401 g/mol. The van der Waals surface area contributed by atoms with E-state index in [9.17, 15) is 18.0 Å². The molecule has 0 atom stereocenters. The molecule has 0 aromatic heterocycles. The van der Waals surface area contributed by atoms with E-state index >= 15 is 0 Å². The van der Waals surface area contributed by atoms with Crippen LogP contribution in [0, 0.1) is 0 Å². The van der Waals surface area contributed by atoms with Gasteiger partial charge >= 0.3 is 6.03 Å². The van der Waals surface area contributed by atoms with Gasteiger partial charge in [0.2, 0.25) is 0 Å². The summed E-state index contributed by atoms with van der Waals surface area (Å²) in [5.41, 5.74) is 0.449. The minimum Gasteiger partial charge on any atom is -0.341 e. The Morgan fingerprint density at radius 3 is 2.16 bits per heavy atom. The standard InChI is InChI=1S/C15H13Cl2N3O4S/c1-18-15(22)19-10-3-5-11(6-4-10)25(23,24)20-14(21)9-2-7-12(16)13(17)8-9/h2-8H,1H3,(H,20,21)(H2,18,19,22). The first-order valence-corrected chi connectivity index (χ1v) is 9.08. The van der Waals surface area contributed by atoms with Crippen molar-refractivity contribution in [3.8, 4) is 0 Å². The van der Waals surface area contributed by atoms with Gasteiger partial charge in [-0.05, 0) is 42.5 Å². The average molecular weight is 402 g/mol. The summed E-state index contributed by atoms with van der Waals surface area (Å²) in [7, 11) is -2.63. The fourth-order valence-electron chi connectivity index (χ4n) is 1.79. The minimum atomic E-state index is -4.09. The normalized spacial score (nSPS) is 10.8.